The summed E-state index contributed by atoms with van der Waals surface area (Å²) in [6.45, 7) is 1.96. The topological polar surface area (TPSA) is 90.9 Å². The molecular formula is C17H20N4O3S. The van der Waals surface area contributed by atoms with Crippen LogP contribution in [0, 0.1) is 5.92 Å². The van der Waals surface area contributed by atoms with Crippen molar-refractivity contribution in [3.05, 3.63) is 29.8 Å². The van der Waals surface area contributed by atoms with Gasteiger partial charge in [0.1, 0.15) is 6.04 Å². The molecule has 2 unspecified atom stereocenters. The van der Waals surface area contributed by atoms with Gasteiger partial charge >= 0.3 is 0 Å². The quantitative estimate of drug-likeness (QED) is 0.794. The molecule has 0 radical (unpaired) electrons. The number of hydrazone groups is 1. The van der Waals surface area contributed by atoms with Crippen LogP contribution in [0.2, 0.25) is 0 Å². The Labute approximate surface area is 150 Å². The molecule has 8 heteroatoms. The van der Waals surface area contributed by atoms with Crippen LogP contribution in [0.15, 0.2) is 29.4 Å². The smallest absolute Gasteiger partial charge is 0.247 e. The van der Waals surface area contributed by atoms with Crippen molar-refractivity contribution in [2.45, 2.75) is 25.8 Å². The highest BCUT2D eigenvalue weighted by atomic mass is 32.2. The van der Waals surface area contributed by atoms with E-state index in [4.69, 9.17) is 0 Å². The van der Waals surface area contributed by atoms with E-state index >= 15 is 0 Å². The van der Waals surface area contributed by atoms with Crippen LogP contribution in [0.4, 0.5) is 5.69 Å². The van der Waals surface area contributed by atoms with Crippen LogP contribution in [0.25, 0.3) is 0 Å². The van der Waals surface area contributed by atoms with Crippen molar-refractivity contribution in [3.63, 3.8) is 0 Å². The van der Waals surface area contributed by atoms with E-state index in [-0.39, 0.29) is 17.7 Å². The van der Waals surface area contributed by atoms with Gasteiger partial charge in [-0.25, -0.2) is 5.43 Å². The predicted molar refractivity (Wildman–Crippen MR) is 97.2 cm³/mol. The molecule has 132 valence electrons. The van der Waals surface area contributed by atoms with Crippen molar-refractivity contribution in [2.24, 2.45) is 11.0 Å². The second-order valence-corrected chi connectivity index (χ2v) is 7.24. The number of nitrogens with zero attached hydrogens (tertiary/aromatic N) is 2. The normalized spacial score (nSPS) is 23.5. The Kier molecular flexibility index (Phi) is 5.37. The van der Waals surface area contributed by atoms with Crippen LogP contribution in [-0.2, 0) is 14.4 Å². The SMILES string of the molecule is CC1CC(=O)NN=C1c1ccc(NC(=O)C2CCSCN2C=O)cc1. The first-order valence-corrected chi connectivity index (χ1v) is 9.30. The summed E-state index contributed by atoms with van der Waals surface area (Å²) in [7, 11) is 0. The maximum atomic E-state index is 12.4. The summed E-state index contributed by atoms with van der Waals surface area (Å²) in [5, 5.41) is 6.99. The molecule has 1 aromatic carbocycles. The largest absolute Gasteiger partial charge is 0.324 e. The maximum Gasteiger partial charge on any atom is 0.247 e. The fourth-order valence-electron chi connectivity index (χ4n) is 2.96. The van der Waals surface area contributed by atoms with Crippen LogP contribution < -0.4 is 10.7 Å². The first-order chi connectivity index (χ1) is 12.1. The van der Waals surface area contributed by atoms with Crippen LogP contribution in [-0.4, -0.2) is 46.5 Å². The summed E-state index contributed by atoms with van der Waals surface area (Å²) < 4.78 is 0. The molecule has 2 aliphatic rings. The minimum atomic E-state index is -0.420. The lowest BCUT2D eigenvalue weighted by atomic mass is 9.94. The zero-order chi connectivity index (χ0) is 17.8. The van der Waals surface area contributed by atoms with Gasteiger partial charge in [0.25, 0.3) is 0 Å². The number of anilines is 1. The van der Waals surface area contributed by atoms with Crippen molar-refractivity contribution < 1.29 is 14.4 Å². The fraction of sp³-hybridized carbons (Fsp3) is 0.412. The van der Waals surface area contributed by atoms with Gasteiger partial charge in [-0.3, -0.25) is 14.4 Å². The van der Waals surface area contributed by atoms with E-state index in [1.807, 2.05) is 31.2 Å². The van der Waals surface area contributed by atoms with Crippen LogP contribution in [0.3, 0.4) is 0 Å². The second-order valence-electron chi connectivity index (χ2n) is 6.17. The molecule has 2 heterocycles. The number of carbonyl (C=O) groups excluding carboxylic acids is 3. The molecule has 25 heavy (non-hydrogen) atoms. The number of thioether (sulfide) groups is 1. The first-order valence-electron chi connectivity index (χ1n) is 8.15. The molecular weight excluding hydrogens is 340 g/mol. The van der Waals surface area contributed by atoms with Crippen molar-refractivity contribution >= 4 is 41.4 Å². The lowest BCUT2D eigenvalue weighted by molar-refractivity contribution is -0.129. The van der Waals surface area contributed by atoms with E-state index in [0.717, 1.165) is 23.4 Å². The number of benzene rings is 1. The number of hydrogen-bond acceptors (Lipinski definition) is 5. The molecule has 0 aliphatic carbocycles. The second kappa shape index (κ2) is 7.69. The average molecular weight is 360 g/mol. The maximum absolute atomic E-state index is 12.4. The monoisotopic (exact) mass is 360 g/mol. The Balaban J connectivity index is 1.67. The molecule has 2 atom stereocenters. The summed E-state index contributed by atoms with van der Waals surface area (Å²) in [6.07, 6.45) is 1.80. The molecule has 0 bridgehead atoms. The van der Waals surface area contributed by atoms with Gasteiger partial charge in [-0.15, -0.1) is 11.8 Å². The predicted octanol–water partition coefficient (Wildman–Crippen LogP) is 1.41. The van der Waals surface area contributed by atoms with Gasteiger partial charge in [-0.2, -0.15) is 5.10 Å². The van der Waals surface area contributed by atoms with Gasteiger partial charge in [0.15, 0.2) is 0 Å². The van der Waals surface area contributed by atoms with E-state index in [0.29, 0.717) is 24.4 Å². The Hall–Kier alpha value is -2.35. The third-order valence-corrected chi connectivity index (χ3v) is 5.33. The molecule has 1 saturated heterocycles. The minimum Gasteiger partial charge on any atom is -0.324 e. The number of carbonyl (C=O) groups is 3. The molecule has 1 fully saturated rings. The summed E-state index contributed by atoms with van der Waals surface area (Å²) in [5.74, 6) is 1.21. The Morgan fingerprint density at radius 1 is 1.40 bits per heavy atom. The number of amides is 3. The number of rotatable bonds is 4. The molecule has 2 N–H and O–H groups in total. The van der Waals surface area contributed by atoms with Crippen LogP contribution >= 0.6 is 11.8 Å². The molecule has 0 aromatic heterocycles. The molecule has 0 spiro atoms. The molecule has 3 rings (SSSR count). The summed E-state index contributed by atoms with van der Waals surface area (Å²) >= 11 is 1.64. The summed E-state index contributed by atoms with van der Waals surface area (Å²) in [4.78, 5) is 36.4. The molecule has 2 aliphatic heterocycles. The molecule has 0 saturated carbocycles. The van der Waals surface area contributed by atoms with E-state index < -0.39 is 6.04 Å². The van der Waals surface area contributed by atoms with Crippen molar-refractivity contribution in [3.8, 4) is 0 Å². The zero-order valence-corrected chi connectivity index (χ0v) is 14.7. The molecule has 1 aromatic rings. The zero-order valence-electron chi connectivity index (χ0n) is 13.9. The standard InChI is InChI=1S/C17H20N4O3S/c1-11-8-15(23)19-20-16(11)12-2-4-13(5-3-12)18-17(24)14-6-7-25-10-21(14)9-22/h2-5,9,11,14H,6-8,10H2,1H3,(H,18,24)(H,19,23). The first kappa shape index (κ1) is 17.5. The lowest BCUT2D eigenvalue weighted by Gasteiger charge is -2.31. The average Bonchev–Trinajstić information content (AvgIpc) is 2.62. The van der Waals surface area contributed by atoms with Crippen LogP contribution in [0.1, 0.15) is 25.3 Å². The Bertz CT molecular complexity index is 704. The Morgan fingerprint density at radius 3 is 2.84 bits per heavy atom. The fourth-order valence-corrected chi connectivity index (χ4v) is 3.93. The van der Waals surface area contributed by atoms with Gasteiger partial charge in [-0.05, 0) is 29.9 Å². The highest BCUT2D eigenvalue weighted by Gasteiger charge is 2.28. The third-order valence-electron chi connectivity index (χ3n) is 4.32. The highest BCUT2D eigenvalue weighted by Crippen LogP contribution is 2.21. The Morgan fingerprint density at radius 2 is 2.16 bits per heavy atom. The van der Waals surface area contributed by atoms with Crippen molar-refractivity contribution in [2.75, 3.05) is 16.9 Å². The van der Waals surface area contributed by atoms with Gasteiger partial charge in [0.2, 0.25) is 18.2 Å². The van der Waals surface area contributed by atoms with Gasteiger partial charge in [0, 0.05) is 18.0 Å². The molecule has 7 nitrogen and oxygen atoms in total. The minimum absolute atomic E-state index is 0.0510. The van der Waals surface area contributed by atoms with E-state index in [1.54, 1.807) is 11.8 Å². The number of nitrogens with one attached hydrogen (secondary N) is 2. The van der Waals surface area contributed by atoms with E-state index in [9.17, 15) is 14.4 Å². The van der Waals surface area contributed by atoms with Crippen molar-refractivity contribution in [1.29, 1.82) is 0 Å². The molecule has 3 amide bonds. The van der Waals surface area contributed by atoms with Gasteiger partial charge in [-0.1, -0.05) is 19.1 Å². The van der Waals surface area contributed by atoms with Crippen LogP contribution in [0.5, 0.6) is 0 Å². The summed E-state index contributed by atoms with van der Waals surface area (Å²) in [6, 6.07) is 6.94. The van der Waals surface area contributed by atoms with Gasteiger partial charge in [0.05, 0.1) is 11.6 Å². The van der Waals surface area contributed by atoms with E-state index in [2.05, 4.69) is 15.8 Å². The van der Waals surface area contributed by atoms with Gasteiger partial charge < -0.3 is 10.2 Å². The van der Waals surface area contributed by atoms with E-state index in [1.165, 1.54) is 4.90 Å². The number of hydrogen-bond donors (Lipinski definition) is 2. The lowest BCUT2D eigenvalue weighted by Crippen LogP contribution is -2.46. The highest BCUT2D eigenvalue weighted by molar-refractivity contribution is 7.99. The van der Waals surface area contributed by atoms with Crippen molar-refractivity contribution in [1.82, 2.24) is 10.3 Å². The third kappa shape index (κ3) is 4.01. The summed E-state index contributed by atoms with van der Waals surface area (Å²) in [5.41, 5.74) is 4.91.